The minimum atomic E-state index is -0.451. The van der Waals surface area contributed by atoms with E-state index in [9.17, 15) is 4.79 Å². The molecule has 1 fully saturated rings. The maximum atomic E-state index is 12.1. The molecule has 1 atom stereocenters. The van der Waals surface area contributed by atoms with Crippen molar-refractivity contribution in [3.8, 4) is 0 Å². The van der Waals surface area contributed by atoms with Crippen molar-refractivity contribution in [2.75, 3.05) is 79.3 Å². The highest BCUT2D eigenvalue weighted by atomic mass is 16.6. The fourth-order valence-corrected chi connectivity index (χ4v) is 2.25. The molecule has 0 aliphatic carbocycles. The average molecular weight is 399 g/mol. The number of carbonyl (C=O) groups excluding carboxylic acids is 1. The van der Waals surface area contributed by atoms with Crippen LogP contribution in [0.25, 0.3) is 0 Å². The molecule has 2 rings (SSSR count). The highest BCUT2D eigenvalue weighted by molar-refractivity contribution is 5.88. The van der Waals surface area contributed by atoms with Crippen LogP contribution in [0.4, 0.5) is 0 Å². The van der Waals surface area contributed by atoms with Gasteiger partial charge in [-0.15, -0.1) is 0 Å². The van der Waals surface area contributed by atoms with Gasteiger partial charge in [-0.2, -0.15) is 0 Å². The molecule has 158 valence electrons. The second-order valence-corrected chi connectivity index (χ2v) is 5.86. The third-order valence-corrected chi connectivity index (χ3v) is 3.67. The Bertz CT molecular complexity index is 498. The summed E-state index contributed by atoms with van der Waals surface area (Å²) in [5.74, 6) is -0.451. The van der Waals surface area contributed by atoms with Crippen molar-refractivity contribution >= 4 is 5.97 Å². The topological polar surface area (TPSA) is 94.6 Å². The molecule has 0 bridgehead atoms. The SMILES string of the molecule is O=C(OCC1COCCOCCOCCOCCOCCO1)c1cccnc1. The Labute approximate surface area is 165 Å². The average Bonchev–Trinajstić information content (AvgIpc) is 2.73. The van der Waals surface area contributed by atoms with Gasteiger partial charge in [-0.25, -0.2) is 4.79 Å². The van der Waals surface area contributed by atoms with E-state index in [-0.39, 0.29) is 13.2 Å². The second-order valence-electron chi connectivity index (χ2n) is 5.86. The number of carbonyl (C=O) groups is 1. The summed E-state index contributed by atoms with van der Waals surface area (Å²) in [5.41, 5.74) is 0.391. The summed E-state index contributed by atoms with van der Waals surface area (Å²) in [5, 5.41) is 0. The van der Waals surface area contributed by atoms with Crippen LogP contribution in [0.1, 0.15) is 10.4 Å². The molecular weight excluding hydrogens is 370 g/mol. The summed E-state index contributed by atoms with van der Waals surface area (Å²) in [6, 6.07) is 3.33. The quantitative estimate of drug-likeness (QED) is 0.681. The van der Waals surface area contributed by atoms with E-state index in [4.69, 9.17) is 33.2 Å². The van der Waals surface area contributed by atoms with Crippen molar-refractivity contribution < 1.29 is 38.0 Å². The van der Waals surface area contributed by atoms with Gasteiger partial charge < -0.3 is 33.2 Å². The van der Waals surface area contributed by atoms with E-state index in [0.29, 0.717) is 71.6 Å². The fourth-order valence-electron chi connectivity index (χ4n) is 2.25. The van der Waals surface area contributed by atoms with Crippen molar-refractivity contribution in [1.29, 1.82) is 0 Å². The first-order valence-corrected chi connectivity index (χ1v) is 9.43. The van der Waals surface area contributed by atoms with Gasteiger partial charge in [-0.3, -0.25) is 4.98 Å². The minimum Gasteiger partial charge on any atom is -0.459 e. The van der Waals surface area contributed by atoms with Gasteiger partial charge >= 0.3 is 5.97 Å². The van der Waals surface area contributed by atoms with E-state index in [0.717, 1.165) is 0 Å². The van der Waals surface area contributed by atoms with Crippen LogP contribution in [0.5, 0.6) is 0 Å². The Balaban J connectivity index is 1.73. The summed E-state index contributed by atoms with van der Waals surface area (Å²) < 4.78 is 38.3. The first-order chi connectivity index (χ1) is 13.9. The van der Waals surface area contributed by atoms with Gasteiger partial charge in [0.2, 0.25) is 0 Å². The number of hydrogen-bond donors (Lipinski definition) is 0. The lowest BCUT2D eigenvalue weighted by molar-refractivity contribution is -0.0772. The highest BCUT2D eigenvalue weighted by Crippen LogP contribution is 2.02. The van der Waals surface area contributed by atoms with Gasteiger partial charge in [-0.1, -0.05) is 0 Å². The van der Waals surface area contributed by atoms with E-state index in [1.807, 2.05) is 0 Å². The van der Waals surface area contributed by atoms with Crippen LogP contribution in [0.3, 0.4) is 0 Å². The summed E-state index contributed by atoms with van der Waals surface area (Å²) in [6.07, 6.45) is 2.65. The number of esters is 1. The van der Waals surface area contributed by atoms with Crippen LogP contribution in [0.15, 0.2) is 24.5 Å². The highest BCUT2D eigenvalue weighted by Gasteiger charge is 2.14. The molecule has 9 heteroatoms. The molecule has 1 aromatic rings. The number of hydrogen-bond acceptors (Lipinski definition) is 9. The molecule has 2 heterocycles. The van der Waals surface area contributed by atoms with Crippen LogP contribution < -0.4 is 0 Å². The summed E-state index contributed by atoms with van der Waals surface area (Å²) in [7, 11) is 0. The Morgan fingerprint density at radius 3 is 2.04 bits per heavy atom. The Hall–Kier alpha value is -1.62. The zero-order valence-electron chi connectivity index (χ0n) is 16.1. The first kappa shape index (κ1) is 22.7. The molecule has 9 nitrogen and oxygen atoms in total. The van der Waals surface area contributed by atoms with E-state index < -0.39 is 12.1 Å². The molecule has 0 amide bonds. The van der Waals surface area contributed by atoms with Gasteiger partial charge in [0, 0.05) is 12.4 Å². The van der Waals surface area contributed by atoms with Crippen LogP contribution in [0.2, 0.25) is 0 Å². The summed E-state index contributed by atoms with van der Waals surface area (Å²) in [4.78, 5) is 16.0. The molecule has 1 aliphatic rings. The molecule has 0 aromatic carbocycles. The largest absolute Gasteiger partial charge is 0.459 e. The predicted molar refractivity (Wildman–Crippen MR) is 98.4 cm³/mol. The zero-order valence-corrected chi connectivity index (χ0v) is 16.1. The zero-order chi connectivity index (χ0) is 19.7. The lowest BCUT2D eigenvalue weighted by Gasteiger charge is -2.18. The molecule has 0 spiro atoms. The van der Waals surface area contributed by atoms with Gasteiger partial charge in [-0.05, 0) is 12.1 Å². The lowest BCUT2D eigenvalue weighted by atomic mass is 10.3. The maximum absolute atomic E-state index is 12.1. The van der Waals surface area contributed by atoms with Crippen molar-refractivity contribution in [2.45, 2.75) is 6.10 Å². The van der Waals surface area contributed by atoms with Crippen LogP contribution in [0, 0.1) is 0 Å². The van der Waals surface area contributed by atoms with Crippen molar-refractivity contribution in [2.24, 2.45) is 0 Å². The van der Waals surface area contributed by atoms with Crippen LogP contribution in [-0.2, 0) is 33.2 Å². The molecule has 1 aliphatic heterocycles. The number of aromatic nitrogens is 1. The number of rotatable bonds is 3. The third kappa shape index (κ3) is 10.6. The van der Waals surface area contributed by atoms with E-state index in [2.05, 4.69) is 4.98 Å². The first-order valence-electron chi connectivity index (χ1n) is 9.43. The number of pyridine rings is 1. The molecule has 1 aromatic heterocycles. The third-order valence-electron chi connectivity index (χ3n) is 3.67. The summed E-state index contributed by atoms with van der Waals surface area (Å²) in [6.45, 7) is 5.02. The van der Waals surface area contributed by atoms with Crippen molar-refractivity contribution in [3.05, 3.63) is 30.1 Å². The summed E-state index contributed by atoms with van der Waals surface area (Å²) >= 11 is 0. The fraction of sp³-hybridized carbons (Fsp3) is 0.684. The standard InChI is InChI=1S/C19H29NO8/c21-19(17-2-1-3-20-14-17)28-16-18-15-26-11-10-24-7-6-22-4-5-23-8-9-25-12-13-27-18/h1-3,14,18H,4-13,15-16H2. The van der Waals surface area contributed by atoms with E-state index in [1.54, 1.807) is 18.3 Å². The van der Waals surface area contributed by atoms with E-state index in [1.165, 1.54) is 6.20 Å². The van der Waals surface area contributed by atoms with Gasteiger partial charge in [0.25, 0.3) is 0 Å². The minimum absolute atomic E-state index is 0.0749. The number of ether oxygens (including phenoxy) is 7. The van der Waals surface area contributed by atoms with Crippen LogP contribution in [-0.4, -0.2) is 96.3 Å². The Kier molecular flexibility index (Phi) is 12.4. The van der Waals surface area contributed by atoms with Gasteiger partial charge in [0.1, 0.15) is 12.7 Å². The number of nitrogens with zero attached hydrogens (tertiary/aromatic N) is 1. The molecule has 1 saturated heterocycles. The monoisotopic (exact) mass is 399 g/mol. The predicted octanol–water partition coefficient (Wildman–Crippen LogP) is 0.720. The molecule has 0 saturated carbocycles. The van der Waals surface area contributed by atoms with E-state index >= 15 is 0 Å². The Morgan fingerprint density at radius 1 is 0.893 bits per heavy atom. The lowest BCUT2D eigenvalue weighted by Crippen LogP contribution is -2.29. The molecule has 28 heavy (non-hydrogen) atoms. The molecule has 0 radical (unpaired) electrons. The van der Waals surface area contributed by atoms with Crippen molar-refractivity contribution in [1.82, 2.24) is 4.98 Å². The maximum Gasteiger partial charge on any atom is 0.339 e. The molecule has 1 unspecified atom stereocenters. The van der Waals surface area contributed by atoms with Gasteiger partial charge in [0.05, 0.1) is 78.2 Å². The van der Waals surface area contributed by atoms with Crippen molar-refractivity contribution in [3.63, 3.8) is 0 Å². The molecule has 0 N–H and O–H groups in total. The Morgan fingerprint density at radius 2 is 1.46 bits per heavy atom. The normalized spacial score (nSPS) is 21.9. The van der Waals surface area contributed by atoms with Crippen LogP contribution >= 0.6 is 0 Å². The second kappa shape index (κ2) is 15.3. The molecular formula is C19H29NO8. The van der Waals surface area contributed by atoms with Gasteiger partial charge in [0.15, 0.2) is 0 Å². The smallest absolute Gasteiger partial charge is 0.339 e.